The van der Waals surface area contributed by atoms with E-state index in [4.69, 9.17) is 11.6 Å². The van der Waals surface area contributed by atoms with Gasteiger partial charge in [-0.25, -0.2) is 17.5 Å². The van der Waals surface area contributed by atoms with Gasteiger partial charge in [-0.15, -0.1) is 0 Å². The largest absolute Gasteiger partial charge is 0.361 e. The van der Waals surface area contributed by atoms with E-state index in [2.05, 4.69) is 14.6 Å². The van der Waals surface area contributed by atoms with Crippen molar-refractivity contribution in [3.8, 4) is 0 Å². The Bertz CT molecular complexity index is 1100. The lowest BCUT2D eigenvalue weighted by Crippen LogP contribution is -2.37. The number of aryl methyl sites for hydroxylation is 1. The van der Waals surface area contributed by atoms with E-state index in [0.717, 1.165) is 60.4 Å². The summed E-state index contributed by atoms with van der Waals surface area (Å²) < 4.78 is 40.7. The van der Waals surface area contributed by atoms with E-state index in [1.54, 1.807) is 0 Å². The van der Waals surface area contributed by atoms with Gasteiger partial charge in [-0.3, -0.25) is 0 Å². The summed E-state index contributed by atoms with van der Waals surface area (Å²) in [7, 11) is -3.63. The summed E-state index contributed by atoms with van der Waals surface area (Å²) in [6.45, 7) is 2.44. The number of sulfonamides is 1. The van der Waals surface area contributed by atoms with Crippen molar-refractivity contribution < 1.29 is 12.8 Å². The van der Waals surface area contributed by atoms with Crippen LogP contribution in [0.4, 0.5) is 4.39 Å². The number of nitrogens with zero attached hydrogens (tertiary/aromatic N) is 1. The molecule has 2 heterocycles. The molecule has 1 saturated heterocycles. The predicted molar refractivity (Wildman–Crippen MR) is 113 cm³/mol. The second-order valence-electron chi connectivity index (χ2n) is 7.47. The number of aromatic nitrogens is 1. The molecule has 1 aliphatic heterocycles. The van der Waals surface area contributed by atoms with E-state index in [1.807, 2.05) is 24.4 Å². The number of fused-ring (bicyclic) bond motifs is 1. The molecule has 8 heteroatoms. The maximum absolute atomic E-state index is 13.0. The third-order valence-corrected chi connectivity index (χ3v) is 7.14. The first-order chi connectivity index (χ1) is 13.9. The zero-order valence-corrected chi connectivity index (χ0v) is 17.4. The zero-order valence-electron chi connectivity index (χ0n) is 15.9. The van der Waals surface area contributed by atoms with Gasteiger partial charge < -0.3 is 9.88 Å². The highest BCUT2D eigenvalue weighted by molar-refractivity contribution is 7.89. The van der Waals surface area contributed by atoms with Gasteiger partial charge in [0.05, 0.1) is 4.90 Å². The van der Waals surface area contributed by atoms with Crippen LogP contribution in [0.5, 0.6) is 0 Å². The predicted octanol–water partition coefficient (Wildman–Crippen LogP) is 3.95. The van der Waals surface area contributed by atoms with Gasteiger partial charge in [0, 0.05) is 34.7 Å². The fourth-order valence-electron chi connectivity index (χ4n) is 3.88. The molecule has 2 N–H and O–H groups in total. The third-order valence-electron chi connectivity index (χ3n) is 5.37. The average Bonchev–Trinajstić information content (AvgIpc) is 3.28. The fraction of sp³-hybridized carbons (Fsp3) is 0.333. The van der Waals surface area contributed by atoms with Crippen molar-refractivity contribution in [2.75, 3.05) is 19.6 Å². The minimum atomic E-state index is -3.63. The number of benzene rings is 2. The zero-order chi connectivity index (χ0) is 20.4. The molecule has 3 aromatic rings. The Morgan fingerprint density at radius 1 is 1.21 bits per heavy atom. The van der Waals surface area contributed by atoms with Gasteiger partial charge in [-0.1, -0.05) is 11.6 Å². The summed E-state index contributed by atoms with van der Waals surface area (Å²) in [6, 6.07) is 10.6. The summed E-state index contributed by atoms with van der Waals surface area (Å²) in [4.78, 5) is 5.64. The summed E-state index contributed by atoms with van der Waals surface area (Å²) in [5.74, 6) is -0.450. The van der Waals surface area contributed by atoms with Gasteiger partial charge in [0.1, 0.15) is 5.82 Å². The minimum Gasteiger partial charge on any atom is -0.361 e. The van der Waals surface area contributed by atoms with Crippen molar-refractivity contribution >= 4 is 32.5 Å². The first kappa shape index (κ1) is 20.3. The normalized spacial score (nSPS) is 17.9. The second-order valence-corrected chi connectivity index (χ2v) is 9.62. The second kappa shape index (κ2) is 8.44. The Morgan fingerprint density at radius 2 is 2.00 bits per heavy atom. The van der Waals surface area contributed by atoms with Crippen LogP contribution in [0.1, 0.15) is 18.4 Å². The smallest absolute Gasteiger partial charge is 0.240 e. The third kappa shape index (κ3) is 4.80. The molecule has 0 amide bonds. The molecule has 0 aliphatic carbocycles. The Hall–Kier alpha value is -1.93. The van der Waals surface area contributed by atoms with Crippen LogP contribution in [0.2, 0.25) is 5.02 Å². The van der Waals surface area contributed by atoms with Crippen molar-refractivity contribution in [1.29, 1.82) is 0 Å². The SMILES string of the molecule is O=S(=O)(NC1CCN(CCCc2c[nH]c3ccc(Cl)cc23)C1)c1ccc(F)cc1. The van der Waals surface area contributed by atoms with Gasteiger partial charge in [-0.2, -0.15) is 0 Å². The Kier molecular flexibility index (Phi) is 5.92. The molecule has 1 unspecified atom stereocenters. The van der Waals surface area contributed by atoms with Crippen molar-refractivity contribution in [3.63, 3.8) is 0 Å². The molecule has 0 bridgehead atoms. The van der Waals surface area contributed by atoms with Crippen LogP contribution in [0.25, 0.3) is 10.9 Å². The molecule has 0 spiro atoms. The number of nitrogens with one attached hydrogen (secondary N) is 2. The van der Waals surface area contributed by atoms with E-state index in [-0.39, 0.29) is 10.9 Å². The van der Waals surface area contributed by atoms with Crippen molar-refractivity contribution in [2.24, 2.45) is 0 Å². The topological polar surface area (TPSA) is 65.2 Å². The van der Waals surface area contributed by atoms with Crippen LogP contribution in [0.3, 0.4) is 0 Å². The number of H-pyrrole nitrogens is 1. The number of hydrogen-bond acceptors (Lipinski definition) is 3. The van der Waals surface area contributed by atoms with Crippen LogP contribution >= 0.6 is 11.6 Å². The van der Waals surface area contributed by atoms with Crippen LogP contribution < -0.4 is 4.72 Å². The molecule has 5 nitrogen and oxygen atoms in total. The average molecular weight is 436 g/mol. The van der Waals surface area contributed by atoms with Crippen LogP contribution in [0.15, 0.2) is 53.6 Å². The highest BCUT2D eigenvalue weighted by Crippen LogP contribution is 2.23. The summed E-state index contributed by atoms with van der Waals surface area (Å²) in [5.41, 5.74) is 2.33. The van der Waals surface area contributed by atoms with E-state index in [9.17, 15) is 12.8 Å². The first-order valence-electron chi connectivity index (χ1n) is 9.66. The van der Waals surface area contributed by atoms with Gasteiger partial charge >= 0.3 is 0 Å². The molecule has 2 aromatic carbocycles. The lowest BCUT2D eigenvalue weighted by atomic mass is 10.1. The van der Waals surface area contributed by atoms with Crippen LogP contribution in [0, 0.1) is 5.82 Å². The first-order valence-corrected chi connectivity index (χ1v) is 11.5. The summed E-state index contributed by atoms with van der Waals surface area (Å²) in [6.07, 6.45) is 4.72. The molecule has 1 aromatic heterocycles. The lowest BCUT2D eigenvalue weighted by molar-refractivity contribution is 0.327. The Labute approximate surface area is 174 Å². The quantitative estimate of drug-likeness (QED) is 0.590. The maximum Gasteiger partial charge on any atom is 0.240 e. The van der Waals surface area contributed by atoms with Gasteiger partial charge in [0.15, 0.2) is 0 Å². The monoisotopic (exact) mass is 435 g/mol. The standard InChI is InChI=1S/C21H23ClFN3O2S/c22-16-3-8-21-20(12-16)15(13-24-21)2-1-10-26-11-9-18(14-26)25-29(27,28)19-6-4-17(23)5-7-19/h3-8,12-13,18,24-25H,1-2,9-11,14H2. The highest BCUT2D eigenvalue weighted by atomic mass is 35.5. The molecule has 29 heavy (non-hydrogen) atoms. The van der Waals surface area contributed by atoms with Crippen molar-refractivity contribution in [2.45, 2.75) is 30.2 Å². The molecule has 4 rings (SSSR count). The fourth-order valence-corrected chi connectivity index (χ4v) is 5.32. The molecular weight excluding hydrogens is 413 g/mol. The maximum atomic E-state index is 13.0. The lowest BCUT2D eigenvalue weighted by Gasteiger charge is -2.16. The molecule has 154 valence electrons. The van der Waals surface area contributed by atoms with E-state index >= 15 is 0 Å². The van der Waals surface area contributed by atoms with E-state index in [0.29, 0.717) is 6.54 Å². The van der Waals surface area contributed by atoms with Gasteiger partial charge in [-0.05, 0) is 80.4 Å². The van der Waals surface area contributed by atoms with E-state index in [1.165, 1.54) is 17.7 Å². The molecular formula is C21H23ClFN3O2S. The molecule has 1 atom stereocenters. The van der Waals surface area contributed by atoms with Crippen LogP contribution in [-0.4, -0.2) is 44.0 Å². The number of aromatic amines is 1. The molecule has 0 saturated carbocycles. The Balaban J connectivity index is 1.29. The molecule has 0 radical (unpaired) electrons. The molecule has 1 aliphatic rings. The summed E-state index contributed by atoms with van der Waals surface area (Å²) in [5, 5.41) is 1.89. The molecule has 1 fully saturated rings. The number of halogens is 2. The van der Waals surface area contributed by atoms with Gasteiger partial charge in [0.2, 0.25) is 10.0 Å². The van der Waals surface area contributed by atoms with Crippen molar-refractivity contribution in [1.82, 2.24) is 14.6 Å². The minimum absolute atomic E-state index is 0.0929. The number of likely N-dealkylation sites (tertiary alicyclic amines) is 1. The van der Waals surface area contributed by atoms with Gasteiger partial charge in [0.25, 0.3) is 0 Å². The highest BCUT2D eigenvalue weighted by Gasteiger charge is 2.27. The number of rotatable bonds is 7. The Morgan fingerprint density at radius 3 is 2.79 bits per heavy atom. The summed E-state index contributed by atoms with van der Waals surface area (Å²) >= 11 is 6.11. The van der Waals surface area contributed by atoms with Crippen LogP contribution in [-0.2, 0) is 16.4 Å². The number of hydrogen-bond donors (Lipinski definition) is 2. The van der Waals surface area contributed by atoms with E-state index < -0.39 is 15.8 Å². The van der Waals surface area contributed by atoms with Crippen molar-refractivity contribution in [3.05, 3.63) is 65.1 Å².